The van der Waals surface area contributed by atoms with Crippen molar-refractivity contribution in [3.05, 3.63) is 108 Å². The lowest BCUT2D eigenvalue weighted by atomic mass is 10.0. The average Bonchev–Trinajstić information content (AvgIpc) is 2.78. The molecular weight excluding hydrogens is 424 g/mol. The number of phenolic OH excluding ortho intramolecular Hbond substituents is 1. The number of hydrogen-bond donors (Lipinski definition) is 1. The first-order valence-electron chi connectivity index (χ1n) is 10.0. The fraction of sp³-hybridized carbons (Fsp3) is 0.0769. The number of rotatable bonds is 7. The number of aryl methyl sites for hydroxylation is 1. The minimum Gasteiger partial charge on any atom is -0.508 e. The zero-order chi connectivity index (χ0) is 22.6. The molecule has 0 aliphatic heterocycles. The SMILES string of the molecule is Cc1cc(O)cc(OS(=O)(=O)c2ccccc2OCc2cccc(-c3ccccc3)c2)c1. The van der Waals surface area contributed by atoms with Crippen molar-refractivity contribution in [1.29, 1.82) is 0 Å². The Labute approximate surface area is 187 Å². The van der Waals surface area contributed by atoms with E-state index in [9.17, 15) is 13.5 Å². The Morgan fingerprint density at radius 1 is 0.781 bits per heavy atom. The number of phenols is 1. The summed E-state index contributed by atoms with van der Waals surface area (Å²) in [5, 5.41) is 9.73. The fourth-order valence-corrected chi connectivity index (χ4v) is 4.41. The van der Waals surface area contributed by atoms with Crippen LogP contribution < -0.4 is 8.92 Å². The standard InChI is InChI=1S/C26H22O5S/c1-19-14-23(27)17-24(15-19)31-32(28,29)26-13-6-5-12-25(26)30-18-20-8-7-11-22(16-20)21-9-3-2-4-10-21/h2-17,27H,18H2,1H3. The van der Waals surface area contributed by atoms with Gasteiger partial charge in [-0.05, 0) is 59.5 Å². The number of benzene rings is 4. The second-order valence-electron chi connectivity index (χ2n) is 7.34. The van der Waals surface area contributed by atoms with Gasteiger partial charge in [-0.3, -0.25) is 0 Å². The van der Waals surface area contributed by atoms with E-state index in [2.05, 4.69) is 0 Å². The number of hydrogen-bond acceptors (Lipinski definition) is 5. The van der Waals surface area contributed by atoms with E-state index in [-0.39, 0.29) is 28.8 Å². The molecule has 32 heavy (non-hydrogen) atoms. The second kappa shape index (κ2) is 9.16. The van der Waals surface area contributed by atoms with E-state index in [0.29, 0.717) is 5.56 Å². The summed E-state index contributed by atoms with van der Waals surface area (Å²) in [5.74, 6) is 0.153. The lowest BCUT2D eigenvalue weighted by Gasteiger charge is -2.13. The van der Waals surface area contributed by atoms with Gasteiger partial charge in [0.25, 0.3) is 0 Å². The predicted octanol–water partition coefficient (Wildman–Crippen LogP) is 5.71. The van der Waals surface area contributed by atoms with Crippen molar-refractivity contribution >= 4 is 10.1 Å². The van der Waals surface area contributed by atoms with Crippen molar-refractivity contribution in [2.45, 2.75) is 18.4 Å². The van der Waals surface area contributed by atoms with Crippen molar-refractivity contribution in [2.24, 2.45) is 0 Å². The highest BCUT2D eigenvalue weighted by molar-refractivity contribution is 7.87. The largest absolute Gasteiger partial charge is 0.508 e. The van der Waals surface area contributed by atoms with Crippen LogP contribution in [0.15, 0.2) is 102 Å². The number of para-hydroxylation sites is 1. The van der Waals surface area contributed by atoms with Gasteiger partial charge in [-0.25, -0.2) is 0 Å². The molecule has 4 rings (SSSR count). The fourth-order valence-electron chi connectivity index (χ4n) is 3.36. The lowest BCUT2D eigenvalue weighted by Crippen LogP contribution is -2.12. The van der Waals surface area contributed by atoms with Crippen LogP contribution in [0.25, 0.3) is 11.1 Å². The van der Waals surface area contributed by atoms with Crippen LogP contribution in [0.5, 0.6) is 17.2 Å². The number of ether oxygens (including phenoxy) is 1. The highest BCUT2D eigenvalue weighted by Gasteiger charge is 2.22. The first kappa shape index (κ1) is 21.5. The Kier molecular flexibility index (Phi) is 6.14. The zero-order valence-corrected chi connectivity index (χ0v) is 18.2. The summed E-state index contributed by atoms with van der Waals surface area (Å²) in [6, 6.07) is 28.5. The molecule has 0 aromatic heterocycles. The molecule has 0 saturated carbocycles. The summed E-state index contributed by atoms with van der Waals surface area (Å²) < 4.78 is 37.0. The van der Waals surface area contributed by atoms with Gasteiger partial charge in [-0.15, -0.1) is 0 Å². The maximum Gasteiger partial charge on any atom is 0.342 e. The van der Waals surface area contributed by atoms with Crippen LogP contribution in [-0.4, -0.2) is 13.5 Å². The molecule has 0 bridgehead atoms. The number of aromatic hydroxyl groups is 1. The van der Waals surface area contributed by atoms with Gasteiger partial charge in [0, 0.05) is 6.07 Å². The molecule has 5 nitrogen and oxygen atoms in total. The topological polar surface area (TPSA) is 72.8 Å². The lowest BCUT2D eigenvalue weighted by molar-refractivity contribution is 0.297. The molecule has 0 atom stereocenters. The molecule has 0 heterocycles. The molecule has 4 aromatic rings. The van der Waals surface area contributed by atoms with E-state index >= 15 is 0 Å². The van der Waals surface area contributed by atoms with Crippen LogP contribution in [-0.2, 0) is 16.7 Å². The predicted molar refractivity (Wildman–Crippen MR) is 123 cm³/mol. The van der Waals surface area contributed by atoms with E-state index in [1.807, 2.05) is 54.6 Å². The van der Waals surface area contributed by atoms with E-state index in [0.717, 1.165) is 16.7 Å². The maximum atomic E-state index is 12.9. The first-order chi connectivity index (χ1) is 15.4. The molecule has 4 aromatic carbocycles. The first-order valence-corrected chi connectivity index (χ1v) is 11.4. The van der Waals surface area contributed by atoms with Crippen LogP contribution in [0.2, 0.25) is 0 Å². The van der Waals surface area contributed by atoms with E-state index < -0.39 is 10.1 Å². The molecule has 0 spiro atoms. The quantitative estimate of drug-likeness (QED) is 0.368. The molecule has 0 amide bonds. The van der Waals surface area contributed by atoms with Crippen LogP contribution >= 0.6 is 0 Å². The molecule has 1 N–H and O–H groups in total. The maximum absolute atomic E-state index is 12.9. The third-order valence-corrected chi connectivity index (χ3v) is 6.08. The van der Waals surface area contributed by atoms with Crippen LogP contribution in [0.4, 0.5) is 0 Å². The Morgan fingerprint density at radius 2 is 1.50 bits per heavy atom. The normalized spacial score (nSPS) is 11.2. The monoisotopic (exact) mass is 446 g/mol. The van der Waals surface area contributed by atoms with E-state index in [1.165, 1.54) is 24.3 Å². The van der Waals surface area contributed by atoms with Gasteiger partial charge in [0.1, 0.15) is 28.8 Å². The van der Waals surface area contributed by atoms with Crippen LogP contribution in [0.3, 0.4) is 0 Å². The van der Waals surface area contributed by atoms with E-state index in [1.54, 1.807) is 25.1 Å². The Balaban J connectivity index is 1.55. The Morgan fingerprint density at radius 3 is 2.28 bits per heavy atom. The minimum atomic E-state index is -4.17. The van der Waals surface area contributed by atoms with Crippen molar-refractivity contribution in [1.82, 2.24) is 0 Å². The summed E-state index contributed by atoms with van der Waals surface area (Å²) in [6.45, 7) is 1.93. The molecule has 0 unspecified atom stereocenters. The summed E-state index contributed by atoms with van der Waals surface area (Å²) in [7, 11) is -4.17. The van der Waals surface area contributed by atoms with Gasteiger partial charge in [0.2, 0.25) is 0 Å². The van der Waals surface area contributed by atoms with Gasteiger partial charge >= 0.3 is 10.1 Å². The van der Waals surface area contributed by atoms with Gasteiger partial charge in [-0.2, -0.15) is 8.42 Å². The van der Waals surface area contributed by atoms with Crippen molar-refractivity contribution in [2.75, 3.05) is 0 Å². The van der Waals surface area contributed by atoms with Crippen LogP contribution in [0.1, 0.15) is 11.1 Å². The zero-order valence-electron chi connectivity index (χ0n) is 17.4. The van der Waals surface area contributed by atoms with Crippen molar-refractivity contribution in [3.8, 4) is 28.4 Å². The summed E-state index contributed by atoms with van der Waals surface area (Å²) in [4.78, 5) is -0.0831. The molecule has 0 aliphatic rings. The van der Waals surface area contributed by atoms with Gasteiger partial charge < -0.3 is 14.0 Å². The van der Waals surface area contributed by atoms with Crippen molar-refractivity contribution in [3.63, 3.8) is 0 Å². The molecule has 0 radical (unpaired) electrons. The molecule has 0 aliphatic carbocycles. The highest BCUT2D eigenvalue weighted by Crippen LogP contribution is 2.30. The molecule has 162 valence electrons. The smallest absolute Gasteiger partial charge is 0.342 e. The molecule has 0 fully saturated rings. The average molecular weight is 447 g/mol. The Hall–Kier alpha value is -3.77. The van der Waals surface area contributed by atoms with Crippen molar-refractivity contribution < 1.29 is 22.4 Å². The van der Waals surface area contributed by atoms with Gasteiger partial charge in [-0.1, -0.05) is 60.7 Å². The minimum absolute atomic E-state index is 0.0351. The third kappa shape index (κ3) is 5.10. The van der Waals surface area contributed by atoms with Gasteiger partial charge in [0.15, 0.2) is 0 Å². The summed E-state index contributed by atoms with van der Waals surface area (Å²) in [5.41, 5.74) is 3.73. The third-order valence-electron chi connectivity index (χ3n) is 4.79. The second-order valence-corrected chi connectivity index (χ2v) is 8.86. The summed E-state index contributed by atoms with van der Waals surface area (Å²) in [6.07, 6.45) is 0. The Bertz CT molecular complexity index is 1310. The molecular formula is C26H22O5S. The van der Waals surface area contributed by atoms with Crippen LogP contribution in [0, 0.1) is 6.92 Å². The summed E-state index contributed by atoms with van der Waals surface area (Å²) >= 11 is 0. The molecule has 6 heteroatoms. The van der Waals surface area contributed by atoms with Gasteiger partial charge in [0.05, 0.1) is 0 Å². The highest BCUT2D eigenvalue weighted by atomic mass is 32.2. The van der Waals surface area contributed by atoms with E-state index in [4.69, 9.17) is 8.92 Å². The molecule has 0 saturated heterocycles.